The van der Waals surface area contributed by atoms with Gasteiger partial charge in [0, 0.05) is 5.02 Å². The monoisotopic (exact) mass is 289 g/mol. The number of nitrogens with zero attached hydrogens (tertiary/aromatic N) is 2. The molecule has 0 bridgehead atoms. The van der Waals surface area contributed by atoms with Gasteiger partial charge in [-0.05, 0) is 30.0 Å². The number of nitrogens with one attached hydrogen (secondary N) is 1. The smallest absolute Gasteiger partial charge is 0.147 e. The molecule has 0 fully saturated rings. The predicted molar refractivity (Wildman–Crippen MR) is 80.9 cm³/mol. The summed E-state index contributed by atoms with van der Waals surface area (Å²) in [7, 11) is 0. The average molecular weight is 290 g/mol. The molecule has 0 saturated carbocycles. The number of aromatic nitrogens is 2. The van der Waals surface area contributed by atoms with Gasteiger partial charge in [-0.25, -0.2) is 9.97 Å². The third-order valence-electron chi connectivity index (χ3n) is 2.97. The molecule has 19 heavy (non-hydrogen) atoms. The lowest BCUT2D eigenvalue weighted by molar-refractivity contribution is 0.877. The van der Waals surface area contributed by atoms with Gasteiger partial charge in [-0.2, -0.15) is 0 Å². The highest BCUT2D eigenvalue weighted by Crippen LogP contribution is 2.29. The minimum Gasteiger partial charge on any atom is -0.362 e. The van der Waals surface area contributed by atoms with Gasteiger partial charge in [-0.3, -0.25) is 0 Å². The van der Waals surface area contributed by atoms with Gasteiger partial charge in [0.25, 0.3) is 0 Å². The van der Waals surface area contributed by atoms with Gasteiger partial charge in [-0.1, -0.05) is 29.8 Å². The van der Waals surface area contributed by atoms with Crippen LogP contribution in [0.25, 0.3) is 10.2 Å². The second-order valence-electron chi connectivity index (χ2n) is 4.24. The van der Waals surface area contributed by atoms with E-state index in [2.05, 4.69) is 22.2 Å². The van der Waals surface area contributed by atoms with E-state index in [1.165, 1.54) is 0 Å². The summed E-state index contributed by atoms with van der Waals surface area (Å²) >= 11 is 7.85. The van der Waals surface area contributed by atoms with E-state index in [9.17, 15) is 0 Å². The Labute approximate surface area is 120 Å². The predicted octanol–water partition coefficient (Wildman–Crippen LogP) is 4.52. The first kappa shape index (κ1) is 12.4. The lowest BCUT2D eigenvalue weighted by Gasteiger charge is -2.16. The maximum absolute atomic E-state index is 6.21. The first-order valence-corrected chi connectivity index (χ1v) is 7.20. The molecule has 2 aromatic heterocycles. The molecule has 5 heteroatoms. The number of benzene rings is 1. The van der Waals surface area contributed by atoms with Crippen LogP contribution in [0.4, 0.5) is 5.82 Å². The van der Waals surface area contributed by atoms with Crippen molar-refractivity contribution in [3.63, 3.8) is 0 Å². The maximum Gasteiger partial charge on any atom is 0.147 e. The molecule has 96 valence electrons. The summed E-state index contributed by atoms with van der Waals surface area (Å²) in [5.74, 6) is 0.854. The van der Waals surface area contributed by atoms with Gasteiger partial charge in [0.05, 0.1) is 16.3 Å². The van der Waals surface area contributed by atoms with Crippen molar-refractivity contribution in [1.29, 1.82) is 0 Å². The van der Waals surface area contributed by atoms with E-state index < -0.39 is 0 Å². The van der Waals surface area contributed by atoms with E-state index in [1.54, 1.807) is 17.7 Å². The van der Waals surface area contributed by atoms with Gasteiger partial charge in [-0.15, -0.1) is 11.3 Å². The number of halogens is 1. The van der Waals surface area contributed by atoms with Crippen LogP contribution < -0.4 is 5.32 Å². The number of rotatable bonds is 3. The average Bonchev–Trinajstić information content (AvgIpc) is 2.88. The van der Waals surface area contributed by atoms with Crippen LogP contribution >= 0.6 is 22.9 Å². The highest BCUT2D eigenvalue weighted by atomic mass is 35.5. The van der Waals surface area contributed by atoms with E-state index in [0.29, 0.717) is 0 Å². The van der Waals surface area contributed by atoms with Crippen LogP contribution in [0.1, 0.15) is 18.5 Å². The number of hydrogen-bond donors (Lipinski definition) is 1. The molecule has 3 aromatic rings. The number of thiophene rings is 1. The standard InChI is InChI=1S/C14H12ClN3S/c1-9(10-4-2-3-5-11(10)15)18-14-13-12(6-7-19-13)16-8-17-14/h2-9H,1H3,(H,16,17,18). The molecule has 1 aromatic carbocycles. The lowest BCUT2D eigenvalue weighted by atomic mass is 10.1. The highest BCUT2D eigenvalue weighted by molar-refractivity contribution is 7.17. The second kappa shape index (κ2) is 5.15. The van der Waals surface area contributed by atoms with E-state index in [1.807, 2.05) is 35.7 Å². The summed E-state index contributed by atoms with van der Waals surface area (Å²) in [6.07, 6.45) is 1.58. The summed E-state index contributed by atoms with van der Waals surface area (Å²) in [4.78, 5) is 8.55. The van der Waals surface area contributed by atoms with Crippen LogP contribution in [0.5, 0.6) is 0 Å². The number of hydrogen-bond acceptors (Lipinski definition) is 4. The van der Waals surface area contributed by atoms with Crippen molar-refractivity contribution in [2.45, 2.75) is 13.0 Å². The van der Waals surface area contributed by atoms with Gasteiger partial charge in [0.2, 0.25) is 0 Å². The van der Waals surface area contributed by atoms with Crippen LogP contribution in [0.2, 0.25) is 5.02 Å². The van der Waals surface area contributed by atoms with Gasteiger partial charge in [0.15, 0.2) is 0 Å². The Bertz CT molecular complexity index is 710. The van der Waals surface area contributed by atoms with Crippen molar-refractivity contribution in [2.24, 2.45) is 0 Å². The zero-order valence-electron chi connectivity index (χ0n) is 10.3. The molecule has 0 amide bonds. The first-order valence-electron chi connectivity index (χ1n) is 5.95. The molecule has 2 heterocycles. The molecule has 3 rings (SSSR count). The Morgan fingerprint density at radius 1 is 1.21 bits per heavy atom. The number of fused-ring (bicyclic) bond motifs is 1. The zero-order valence-corrected chi connectivity index (χ0v) is 11.9. The molecule has 0 spiro atoms. The largest absolute Gasteiger partial charge is 0.362 e. The zero-order chi connectivity index (χ0) is 13.2. The van der Waals surface area contributed by atoms with Crippen molar-refractivity contribution >= 4 is 39.0 Å². The number of anilines is 1. The lowest BCUT2D eigenvalue weighted by Crippen LogP contribution is -2.08. The van der Waals surface area contributed by atoms with Crippen LogP contribution in [0.3, 0.4) is 0 Å². The molecule has 0 saturated heterocycles. The molecule has 1 N–H and O–H groups in total. The summed E-state index contributed by atoms with van der Waals surface area (Å²) in [6, 6.07) is 9.92. The summed E-state index contributed by atoms with van der Waals surface area (Å²) < 4.78 is 1.07. The van der Waals surface area contributed by atoms with Crippen molar-refractivity contribution in [3.8, 4) is 0 Å². The SMILES string of the molecule is CC(Nc1ncnc2ccsc12)c1ccccc1Cl. The maximum atomic E-state index is 6.21. The third-order valence-corrected chi connectivity index (χ3v) is 4.22. The van der Waals surface area contributed by atoms with Crippen LogP contribution in [-0.4, -0.2) is 9.97 Å². The van der Waals surface area contributed by atoms with Crippen molar-refractivity contribution in [1.82, 2.24) is 9.97 Å². The summed E-state index contributed by atoms with van der Waals surface area (Å²) in [5.41, 5.74) is 2.03. The van der Waals surface area contributed by atoms with E-state index in [0.717, 1.165) is 26.6 Å². The fraction of sp³-hybridized carbons (Fsp3) is 0.143. The minimum absolute atomic E-state index is 0.0916. The molecule has 0 aliphatic heterocycles. The van der Waals surface area contributed by atoms with Crippen molar-refractivity contribution in [3.05, 3.63) is 52.6 Å². The van der Waals surface area contributed by atoms with Crippen LogP contribution in [0.15, 0.2) is 42.0 Å². The van der Waals surface area contributed by atoms with E-state index in [4.69, 9.17) is 11.6 Å². The minimum atomic E-state index is 0.0916. The molecule has 3 nitrogen and oxygen atoms in total. The Kier molecular flexibility index (Phi) is 3.36. The molecular formula is C14H12ClN3S. The highest BCUT2D eigenvalue weighted by Gasteiger charge is 2.12. The Balaban J connectivity index is 1.93. The van der Waals surface area contributed by atoms with Crippen LogP contribution in [-0.2, 0) is 0 Å². The van der Waals surface area contributed by atoms with Crippen molar-refractivity contribution < 1.29 is 0 Å². The molecule has 0 radical (unpaired) electrons. The normalized spacial score (nSPS) is 12.5. The molecule has 0 aliphatic carbocycles. The van der Waals surface area contributed by atoms with E-state index in [-0.39, 0.29) is 6.04 Å². The summed E-state index contributed by atoms with van der Waals surface area (Å²) in [5, 5.41) is 6.18. The Hall–Kier alpha value is -1.65. The second-order valence-corrected chi connectivity index (χ2v) is 5.57. The fourth-order valence-corrected chi connectivity index (χ4v) is 3.10. The van der Waals surface area contributed by atoms with Gasteiger partial charge in [0.1, 0.15) is 12.1 Å². The molecule has 1 unspecified atom stereocenters. The first-order chi connectivity index (χ1) is 9.25. The fourth-order valence-electron chi connectivity index (χ4n) is 2.00. The van der Waals surface area contributed by atoms with Gasteiger partial charge < -0.3 is 5.32 Å². The topological polar surface area (TPSA) is 37.8 Å². The van der Waals surface area contributed by atoms with E-state index >= 15 is 0 Å². The molecular weight excluding hydrogens is 278 g/mol. The Morgan fingerprint density at radius 2 is 2.05 bits per heavy atom. The Morgan fingerprint density at radius 3 is 2.89 bits per heavy atom. The summed E-state index contributed by atoms with van der Waals surface area (Å²) in [6.45, 7) is 2.07. The van der Waals surface area contributed by atoms with Crippen molar-refractivity contribution in [2.75, 3.05) is 5.32 Å². The molecule has 1 atom stereocenters. The van der Waals surface area contributed by atoms with Crippen LogP contribution in [0, 0.1) is 0 Å². The quantitative estimate of drug-likeness (QED) is 0.770. The van der Waals surface area contributed by atoms with Gasteiger partial charge >= 0.3 is 0 Å². The third kappa shape index (κ3) is 2.41. The molecule has 0 aliphatic rings.